The zero-order chi connectivity index (χ0) is 24.5. The molecule has 0 unspecified atom stereocenters. The molecule has 0 bridgehead atoms. The highest BCUT2D eigenvalue weighted by atomic mass is 35.5. The molecule has 4 heterocycles. The van der Waals surface area contributed by atoms with E-state index < -0.39 is 0 Å². The molecule has 6 rings (SSSR count). The summed E-state index contributed by atoms with van der Waals surface area (Å²) in [6.07, 6.45) is 3.47. The second-order valence-electron chi connectivity index (χ2n) is 8.03. The van der Waals surface area contributed by atoms with Crippen molar-refractivity contribution < 1.29 is 14.3 Å². The van der Waals surface area contributed by atoms with Gasteiger partial charge in [0, 0.05) is 51.6 Å². The molecule has 0 saturated carbocycles. The zero-order valence-electron chi connectivity index (χ0n) is 18.6. The normalized spacial score (nSPS) is 12.3. The topological polar surface area (TPSA) is 99.4 Å². The molecule has 0 fully saturated rings. The van der Waals surface area contributed by atoms with E-state index in [1.54, 1.807) is 18.5 Å². The summed E-state index contributed by atoms with van der Waals surface area (Å²) in [7, 11) is 0. The summed E-state index contributed by atoms with van der Waals surface area (Å²) in [6, 6.07) is 14.8. The average molecular weight is 507 g/mol. The van der Waals surface area contributed by atoms with Crippen molar-refractivity contribution in [2.45, 2.75) is 20.1 Å². The first-order valence-corrected chi connectivity index (χ1v) is 11.5. The van der Waals surface area contributed by atoms with E-state index in [9.17, 15) is 4.79 Å². The van der Waals surface area contributed by atoms with Gasteiger partial charge in [0.25, 0.3) is 0 Å². The van der Waals surface area contributed by atoms with Gasteiger partial charge in [-0.15, -0.1) is 0 Å². The summed E-state index contributed by atoms with van der Waals surface area (Å²) in [4.78, 5) is 19.3. The number of carbonyl (C=O) groups is 1. The number of amides is 1. The predicted octanol–water partition coefficient (Wildman–Crippen LogP) is 6.13. The average Bonchev–Trinajstić information content (AvgIpc) is 2.83. The van der Waals surface area contributed by atoms with Crippen LogP contribution in [0.4, 0.5) is 11.6 Å². The van der Waals surface area contributed by atoms with E-state index >= 15 is 0 Å². The quantitative estimate of drug-likeness (QED) is 0.322. The number of fused-ring (bicyclic) bond motifs is 6. The lowest BCUT2D eigenvalue weighted by Crippen LogP contribution is -2.10. The fourth-order valence-electron chi connectivity index (χ4n) is 3.95. The summed E-state index contributed by atoms with van der Waals surface area (Å²) in [6.45, 7) is 2.42. The molecule has 2 aliphatic heterocycles. The first-order chi connectivity index (χ1) is 16.9. The summed E-state index contributed by atoms with van der Waals surface area (Å²) >= 11 is 11.9. The Bertz CT molecular complexity index is 1460. The van der Waals surface area contributed by atoms with E-state index in [0.717, 1.165) is 44.9 Å². The van der Waals surface area contributed by atoms with Crippen LogP contribution >= 0.6 is 23.2 Å². The molecular weight excluding hydrogens is 487 g/mol. The van der Waals surface area contributed by atoms with Crippen molar-refractivity contribution >= 4 is 40.7 Å². The second kappa shape index (κ2) is 9.44. The number of halogens is 2. The van der Waals surface area contributed by atoms with Crippen molar-refractivity contribution in [3.63, 3.8) is 0 Å². The van der Waals surface area contributed by atoms with Crippen LogP contribution in [0.25, 0.3) is 22.3 Å². The predicted molar refractivity (Wildman–Crippen MR) is 137 cm³/mol. The highest BCUT2D eigenvalue weighted by Crippen LogP contribution is 2.40. The van der Waals surface area contributed by atoms with Crippen LogP contribution in [-0.2, 0) is 18.0 Å². The third-order valence-corrected chi connectivity index (χ3v) is 6.00. The summed E-state index contributed by atoms with van der Waals surface area (Å²) < 4.78 is 11.2. The monoisotopic (exact) mass is 506 g/mol. The Labute approximate surface area is 211 Å². The molecule has 0 atom stereocenters. The number of ether oxygens (including phenoxy) is 2. The number of aromatic nitrogens is 2. The third kappa shape index (κ3) is 4.87. The number of rotatable bonds is 1. The van der Waals surface area contributed by atoms with Gasteiger partial charge in [-0.3, -0.25) is 4.79 Å². The molecule has 0 radical (unpaired) electrons. The number of nitrogen functional groups attached to an aromatic ring is 1. The van der Waals surface area contributed by atoms with Crippen molar-refractivity contribution in [1.29, 1.82) is 0 Å². The number of nitrogens with one attached hydrogen (secondary N) is 1. The number of hydrogen-bond acceptors (Lipinski definition) is 6. The standard InChI is InChI=1S/C14H11ClN2O2.C12H9ClN2O/c1-8(18)17-14-5-12-9(6-16-14)7-19-13-4-10(15)2-3-11(12)13;13-8-1-2-9-10-4-12(14)15-5-7(10)6-16-11(9)3-8/h2-6H,7H2,1H3,(H,16,17,18);1-5H,6H2,(H2,14,15). The van der Waals surface area contributed by atoms with Crippen LogP contribution in [0.2, 0.25) is 10.0 Å². The molecule has 7 nitrogen and oxygen atoms in total. The zero-order valence-corrected chi connectivity index (χ0v) is 20.2. The van der Waals surface area contributed by atoms with Crippen LogP contribution in [0.5, 0.6) is 11.5 Å². The lowest BCUT2D eigenvalue weighted by atomic mass is 9.99. The smallest absolute Gasteiger partial charge is 0.222 e. The van der Waals surface area contributed by atoms with Gasteiger partial charge < -0.3 is 20.5 Å². The molecule has 1 amide bonds. The molecule has 0 saturated heterocycles. The van der Waals surface area contributed by atoms with Crippen molar-refractivity contribution in [2.24, 2.45) is 0 Å². The maximum atomic E-state index is 11.1. The molecule has 2 aliphatic rings. The van der Waals surface area contributed by atoms with Crippen LogP contribution < -0.4 is 20.5 Å². The molecule has 4 aromatic rings. The number of pyridine rings is 2. The first-order valence-electron chi connectivity index (χ1n) is 10.7. The molecule has 2 aromatic carbocycles. The minimum Gasteiger partial charge on any atom is -0.488 e. The van der Waals surface area contributed by atoms with Crippen molar-refractivity contribution in [2.75, 3.05) is 11.1 Å². The molecule has 35 heavy (non-hydrogen) atoms. The second-order valence-corrected chi connectivity index (χ2v) is 8.91. The van der Waals surface area contributed by atoms with Crippen LogP contribution in [0, 0.1) is 0 Å². The van der Waals surface area contributed by atoms with Gasteiger partial charge in [0.05, 0.1) is 0 Å². The molecular formula is C26H20Cl2N4O3. The fourth-order valence-corrected chi connectivity index (χ4v) is 4.28. The van der Waals surface area contributed by atoms with Gasteiger partial charge >= 0.3 is 0 Å². The largest absolute Gasteiger partial charge is 0.488 e. The van der Waals surface area contributed by atoms with Gasteiger partial charge in [-0.25, -0.2) is 9.97 Å². The number of hydrogen-bond donors (Lipinski definition) is 2. The van der Waals surface area contributed by atoms with Crippen LogP contribution in [0.15, 0.2) is 60.9 Å². The molecule has 9 heteroatoms. The highest BCUT2D eigenvalue weighted by molar-refractivity contribution is 6.31. The number of nitrogens with zero attached hydrogens (tertiary/aromatic N) is 2. The van der Waals surface area contributed by atoms with E-state index in [4.69, 9.17) is 38.4 Å². The van der Waals surface area contributed by atoms with Gasteiger partial charge in [-0.2, -0.15) is 0 Å². The Morgan fingerprint density at radius 2 is 1.37 bits per heavy atom. The first kappa shape index (κ1) is 23.0. The van der Waals surface area contributed by atoms with E-state index in [-0.39, 0.29) is 5.91 Å². The van der Waals surface area contributed by atoms with E-state index in [1.807, 2.05) is 42.5 Å². The molecule has 0 spiro atoms. The Hall–Kier alpha value is -3.81. The van der Waals surface area contributed by atoms with Crippen LogP contribution in [0.1, 0.15) is 18.1 Å². The number of anilines is 2. The third-order valence-electron chi connectivity index (χ3n) is 5.53. The highest BCUT2D eigenvalue weighted by Gasteiger charge is 2.19. The molecule has 2 aromatic heterocycles. The Morgan fingerprint density at radius 1 is 0.829 bits per heavy atom. The Kier molecular flexibility index (Phi) is 6.19. The number of carbonyl (C=O) groups excluding carboxylic acids is 1. The van der Waals surface area contributed by atoms with Crippen LogP contribution in [-0.4, -0.2) is 15.9 Å². The summed E-state index contributed by atoms with van der Waals surface area (Å²) in [5.41, 5.74) is 11.8. The van der Waals surface area contributed by atoms with E-state index in [2.05, 4.69) is 15.3 Å². The summed E-state index contributed by atoms with van der Waals surface area (Å²) in [5, 5.41) is 3.99. The lowest BCUT2D eigenvalue weighted by Gasteiger charge is -2.21. The SMILES string of the molecule is CC(=O)Nc1cc2c(cn1)COc1cc(Cl)ccc1-2.Nc1cc2c(cn1)COc1cc(Cl)ccc1-2. The van der Waals surface area contributed by atoms with E-state index in [1.165, 1.54) is 6.92 Å². The van der Waals surface area contributed by atoms with Crippen molar-refractivity contribution in [3.05, 3.63) is 82.1 Å². The van der Waals surface area contributed by atoms with Gasteiger partial charge in [0.2, 0.25) is 5.91 Å². The molecule has 0 aliphatic carbocycles. The fraction of sp³-hybridized carbons (Fsp3) is 0.115. The Balaban J connectivity index is 0.000000147. The van der Waals surface area contributed by atoms with E-state index in [0.29, 0.717) is 34.9 Å². The summed E-state index contributed by atoms with van der Waals surface area (Å²) in [5.74, 6) is 2.46. The molecule has 176 valence electrons. The van der Waals surface area contributed by atoms with Gasteiger partial charge in [0.15, 0.2) is 0 Å². The minimum atomic E-state index is -0.143. The minimum absolute atomic E-state index is 0.143. The van der Waals surface area contributed by atoms with Gasteiger partial charge in [-0.05, 0) is 59.7 Å². The van der Waals surface area contributed by atoms with Gasteiger partial charge in [-0.1, -0.05) is 23.2 Å². The van der Waals surface area contributed by atoms with Crippen molar-refractivity contribution in [1.82, 2.24) is 9.97 Å². The van der Waals surface area contributed by atoms with Crippen molar-refractivity contribution in [3.8, 4) is 33.8 Å². The number of benzene rings is 2. The lowest BCUT2D eigenvalue weighted by molar-refractivity contribution is -0.114. The Morgan fingerprint density at radius 3 is 1.94 bits per heavy atom. The van der Waals surface area contributed by atoms with Crippen LogP contribution in [0.3, 0.4) is 0 Å². The number of nitrogens with two attached hydrogens (primary N) is 1. The maximum Gasteiger partial charge on any atom is 0.222 e. The maximum absolute atomic E-state index is 11.1. The molecule has 3 N–H and O–H groups in total. The van der Waals surface area contributed by atoms with Gasteiger partial charge in [0.1, 0.15) is 36.3 Å².